The zero-order chi connectivity index (χ0) is 12.8. The zero-order valence-electron chi connectivity index (χ0n) is 10.9. The molecule has 0 aliphatic carbocycles. The fraction of sp³-hybridized carbons (Fsp3) is 0.400. The van der Waals surface area contributed by atoms with E-state index in [1.165, 1.54) is 0 Å². The van der Waals surface area contributed by atoms with Gasteiger partial charge >= 0.3 is 0 Å². The first-order valence-electron chi connectivity index (χ1n) is 6.00. The Bertz CT molecular complexity index is 383. The highest BCUT2D eigenvalue weighted by atomic mass is 16.1. The highest BCUT2D eigenvalue weighted by molar-refractivity contribution is 5.79. The summed E-state index contributed by atoms with van der Waals surface area (Å²) in [6.07, 6.45) is 0.743. The summed E-state index contributed by atoms with van der Waals surface area (Å²) in [5.41, 5.74) is 2.17. The Morgan fingerprint density at radius 1 is 1.29 bits per heavy atom. The molecule has 0 aliphatic rings. The highest BCUT2D eigenvalue weighted by Crippen LogP contribution is 2.14. The number of carbonyl (C=O) groups excluding carboxylic acids is 1. The summed E-state index contributed by atoms with van der Waals surface area (Å²) < 4.78 is 0. The monoisotopic (exact) mass is 231 g/mol. The number of benzene rings is 1. The maximum absolute atomic E-state index is 11.9. The van der Waals surface area contributed by atoms with E-state index in [0.29, 0.717) is 0 Å². The molecule has 1 rings (SSSR count). The van der Waals surface area contributed by atoms with Gasteiger partial charge in [-0.15, -0.1) is 6.58 Å². The lowest BCUT2D eigenvalue weighted by Gasteiger charge is -2.18. The minimum atomic E-state index is -0.0151. The lowest BCUT2D eigenvalue weighted by atomic mass is 10.0. The zero-order valence-corrected chi connectivity index (χ0v) is 10.9. The van der Waals surface area contributed by atoms with Crippen molar-refractivity contribution in [3.8, 4) is 0 Å². The van der Waals surface area contributed by atoms with Crippen molar-refractivity contribution in [3.05, 3.63) is 48.0 Å². The van der Waals surface area contributed by atoms with Crippen LogP contribution in [-0.4, -0.2) is 5.91 Å². The van der Waals surface area contributed by atoms with Crippen LogP contribution in [0.5, 0.6) is 0 Å². The van der Waals surface area contributed by atoms with Gasteiger partial charge in [0.25, 0.3) is 0 Å². The Morgan fingerprint density at radius 2 is 1.88 bits per heavy atom. The van der Waals surface area contributed by atoms with Crippen molar-refractivity contribution in [2.75, 3.05) is 0 Å². The Hall–Kier alpha value is -1.57. The summed E-state index contributed by atoms with van der Waals surface area (Å²) >= 11 is 0. The smallest absolute Gasteiger partial charge is 0.223 e. The van der Waals surface area contributed by atoms with Gasteiger partial charge in [0.1, 0.15) is 0 Å². The molecular weight excluding hydrogens is 210 g/mol. The molecule has 2 atom stereocenters. The van der Waals surface area contributed by atoms with E-state index in [2.05, 4.69) is 11.9 Å². The van der Waals surface area contributed by atoms with Gasteiger partial charge in [0.05, 0.1) is 6.04 Å². The van der Waals surface area contributed by atoms with Crippen LogP contribution in [0, 0.1) is 5.92 Å². The van der Waals surface area contributed by atoms with Gasteiger partial charge in [-0.3, -0.25) is 4.79 Å². The molecule has 0 aromatic heterocycles. The molecule has 0 bridgehead atoms. The molecule has 0 heterocycles. The molecule has 0 aliphatic heterocycles. The van der Waals surface area contributed by atoms with Crippen LogP contribution in [-0.2, 0) is 4.79 Å². The second-order valence-corrected chi connectivity index (χ2v) is 4.70. The van der Waals surface area contributed by atoms with E-state index in [9.17, 15) is 4.79 Å². The molecule has 17 heavy (non-hydrogen) atoms. The predicted molar refractivity (Wildman–Crippen MR) is 71.6 cm³/mol. The molecule has 0 unspecified atom stereocenters. The summed E-state index contributed by atoms with van der Waals surface area (Å²) in [4.78, 5) is 11.9. The van der Waals surface area contributed by atoms with Crippen LogP contribution in [0.3, 0.4) is 0 Å². The van der Waals surface area contributed by atoms with Crippen LogP contribution >= 0.6 is 0 Å². The third-order valence-electron chi connectivity index (χ3n) is 2.76. The number of carbonyl (C=O) groups is 1. The molecule has 0 radical (unpaired) electrons. The fourth-order valence-electron chi connectivity index (χ4n) is 1.80. The number of nitrogens with one attached hydrogen (secondary N) is 1. The highest BCUT2D eigenvalue weighted by Gasteiger charge is 2.15. The van der Waals surface area contributed by atoms with Gasteiger partial charge in [0.2, 0.25) is 5.91 Å². The first-order valence-corrected chi connectivity index (χ1v) is 6.00. The summed E-state index contributed by atoms with van der Waals surface area (Å²) in [6.45, 7) is 9.72. The van der Waals surface area contributed by atoms with Crippen molar-refractivity contribution < 1.29 is 4.79 Å². The molecule has 0 saturated carbocycles. The third kappa shape index (κ3) is 4.43. The topological polar surface area (TPSA) is 29.1 Å². The van der Waals surface area contributed by atoms with E-state index in [4.69, 9.17) is 0 Å². The van der Waals surface area contributed by atoms with Crippen LogP contribution in [0.15, 0.2) is 42.5 Å². The second-order valence-electron chi connectivity index (χ2n) is 4.70. The maximum Gasteiger partial charge on any atom is 0.223 e. The van der Waals surface area contributed by atoms with Gasteiger partial charge in [-0.25, -0.2) is 0 Å². The predicted octanol–water partition coefficient (Wildman–Crippen LogP) is 3.47. The van der Waals surface area contributed by atoms with Gasteiger partial charge in [-0.1, -0.05) is 42.8 Å². The quantitative estimate of drug-likeness (QED) is 0.772. The minimum absolute atomic E-state index is 0.0151. The normalized spacial score (nSPS) is 13.8. The Kier molecular flexibility index (Phi) is 4.95. The van der Waals surface area contributed by atoms with Crippen LogP contribution in [0.25, 0.3) is 0 Å². The molecule has 0 saturated heterocycles. The molecule has 92 valence electrons. The van der Waals surface area contributed by atoms with Crippen LogP contribution in [0.4, 0.5) is 0 Å². The number of rotatable bonds is 5. The van der Waals surface area contributed by atoms with E-state index in [0.717, 1.165) is 17.6 Å². The fourth-order valence-corrected chi connectivity index (χ4v) is 1.80. The standard InChI is InChI=1S/C15H21NO/c1-11(2)10-12(3)15(17)16-13(4)14-8-6-5-7-9-14/h5-9,12-13H,1,10H2,2-4H3,(H,16,17)/t12-,13+/m1/s1. The molecule has 2 nitrogen and oxygen atoms in total. The summed E-state index contributed by atoms with van der Waals surface area (Å²) in [7, 11) is 0. The largest absolute Gasteiger partial charge is 0.349 e. The maximum atomic E-state index is 11.9. The molecule has 0 fully saturated rings. The van der Waals surface area contributed by atoms with E-state index in [1.807, 2.05) is 51.1 Å². The lowest BCUT2D eigenvalue weighted by Crippen LogP contribution is -2.31. The van der Waals surface area contributed by atoms with Crippen molar-refractivity contribution in [2.45, 2.75) is 33.2 Å². The van der Waals surface area contributed by atoms with Gasteiger partial charge in [0.15, 0.2) is 0 Å². The molecule has 0 spiro atoms. The molecule has 1 aromatic carbocycles. The van der Waals surface area contributed by atoms with Crippen molar-refractivity contribution >= 4 is 5.91 Å². The van der Waals surface area contributed by atoms with Crippen LogP contribution < -0.4 is 5.32 Å². The average Bonchev–Trinajstić information content (AvgIpc) is 2.29. The Balaban J connectivity index is 2.54. The number of allylic oxidation sites excluding steroid dienone is 1. The number of hydrogen-bond donors (Lipinski definition) is 1. The molecule has 1 amide bonds. The summed E-state index contributed by atoms with van der Waals surface area (Å²) in [5.74, 6) is 0.0722. The molecule has 2 heteroatoms. The van der Waals surface area contributed by atoms with E-state index >= 15 is 0 Å². The number of amides is 1. The van der Waals surface area contributed by atoms with Crippen molar-refractivity contribution in [2.24, 2.45) is 5.92 Å². The van der Waals surface area contributed by atoms with Gasteiger partial charge in [0, 0.05) is 5.92 Å². The van der Waals surface area contributed by atoms with E-state index in [-0.39, 0.29) is 17.9 Å². The minimum Gasteiger partial charge on any atom is -0.349 e. The Morgan fingerprint density at radius 3 is 2.41 bits per heavy atom. The van der Waals surface area contributed by atoms with Gasteiger partial charge in [-0.2, -0.15) is 0 Å². The first-order chi connectivity index (χ1) is 8.00. The molecular formula is C15H21NO. The lowest BCUT2D eigenvalue weighted by molar-refractivity contribution is -0.125. The molecule has 1 N–H and O–H groups in total. The Labute approximate surface area is 104 Å². The van der Waals surface area contributed by atoms with Crippen LogP contribution in [0.1, 0.15) is 38.8 Å². The summed E-state index contributed by atoms with van der Waals surface area (Å²) in [5, 5.41) is 3.02. The SMILES string of the molecule is C=C(C)C[C@@H](C)C(=O)N[C@@H](C)c1ccccc1. The first kappa shape index (κ1) is 13.5. The van der Waals surface area contributed by atoms with Crippen LogP contribution in [0.2, 0.25) is 0 Å². The third-order valence-corrected chi connectivity index (χ3v) is 2.76. The van der Waals surface area contributed by atoms with Crippen molar-refractivity contribution in [1.82, 2.24) is 5.32 Å². The second kappa shape index (κ2) is 6.24. The van der Waals surface area contributed by atoms with E-state index in [1.54, 1.807) is 0 Å². The van der Waals surface area contributed by atoms with Gasteiger partial charge < -0.3 is 5.32 Å². The van der Waals surface area contributed by atoms with Crippen molar-refractivity contribution in [1.29, 1.82) is 0 Å². The van der Waals surface area contributed by atoms with Gasteiger partial charge in [-0.05, 0) is 25.8 Å². The summed E-state index contributed by atoms with van der Waals surface area (Å²) in [6, 6.07) is 10.0. The molecule has 1 aromatic rings. The van der Waals surface area contributed by atoms with E-state index < -0.39 is 0 Å². The van der Waals surface area contributed by atoms with Crippen molar-refractivity contribution in [3.63, 3.8) is 0 Å². The average molecular weight is 231 g/mol. The number of hydrogen-bond acceptors (Lipinski definition) is 1.